The maximum absolute atomic E-state index is 11.4. The minimum Gasteiger partial charge on any atom is -0.508 e. The lowest BCUT2D eigenvalue weighted by Gasteiger charge is -2.18. The molecule has 0 saturated heterocycles. The number of rotatable bonds is 5. The molecule has 0 fully saturated rings. The molecule has 0 aliphatic rings. The number of benzene rings is 9. The van der Waals surface area contributed by atoms with Crippen LogP contribution >= 0.6 is 0 Å². The standard InChI is InChI=1S/C51H36B4N4O6/c52-39-37(43(60)41(54)47(64)45(39)62)50-56-49(57-51(58-50)38-40(53)46(63)48(65)42(55)44(38)61)25-15-18-30-32-20-23(14-17-29(32)27-10-4-5-11-28(27)33(30)22-25)24-16-19-36-34(21-24)31-12-6-7-13-35(31)59(36)26-8-2-1-3-9-26/h1-22,60-65H,52-55H2. The van der Waals surface area contributed by atoms with Crippen LogP contribution in [0.5, 0.6) is 34.5 Å². The Bertz CT molecular complexity index is 3720. The van der Waals surface area contributed by atoms with Gasteiger partial charge in [0.1, 0.15) is 42.9 Å². The van der Waals surface area contributed by atoms with Crippen LogP contribution < -0.4 is 21.9 Å². The average Bonchev–Trinajstić information content (AvgIpc) is 3.67. The maximum atomic E-state index is 11.4. The Kier molecular flexibility index (Phi) is 8.87. The quantitative estimate of drug-likeness (QED) is 0.0640. The summed E-state index contributed by atoms with van der Waals surface area (Å²) in [7, 11) is 5.96. The van der Waals surface area contributed by atoms with Gasteiger partial charge in [-0.3, -0.25) is 0 Å². The molecule has 0 atom stereocenters. The smallest absolute Gasteiger partial charge is 0.167 e. The van der Waals surface area contributed by atoms with Crippen LogP contribution in [-0.2, 0) is 0 Å². The van der Waals surface area contributed by atoms with Gasteiger partial charge < -0.3 is 35.2 Å². The molecule has 9 aromatic carbocycles. The second kappa shape index (κ2) is 14.6. The lowest BCUT2D eigenvalue weighted by Crippen LogP contribution is -2.20. The zero-order chi connectivity index (χ0) is 45.0. The highest BCUT2D eigenvalue weighted by molar-refractivity contribution is 6.44. The van der Waals surface area contributed by atoms with Gasteiger partial charge in [-0.15, -0.1) is 0 Å². The third kappa shape index (κ3) is 5.90. The first-order valence-electron chi connectivity index (χ1n) is 21.1. The Labute approximate surface area is 375 Å². The molecule has 11 rings (SSSR count). The predicted octanol–water partition coefficient (Wildman–Crippen LogP) is 4.36. The van der Waals surface area contributed by atoms with E-state index < -0.39 is 23.0 Å². The van der Waals surface area contributed by atoms with Crippen molar-refractivity contribution in [3.63, 3.8) is 0 Å². The number of aromatic hydroxyl groups is 6. The van der Waals surface area contributed by atoms with E-state index in [1.807, 2.05) is 36.4 Å². The summed E-state index contributed by atoms with van der Waals surface area (Å²) in [5.74, 6) is -2.48. The van der Waals surface area contributed by atoms with Crippen molar-refractivity contribution >= 4 is 107 Å². The molecule has 0 saturated carbocycles. The van der Waals surface area contributed by atoms with Crippen LogP contribution in [0.25, 0.3) is 105 Å². The molecule has 11 aromatic rings. The molecule has 0 unspecified atom stereocenters. The Hall–Kier alpha value is -8.37. The van der Waals surface area contributed by atoms with E-state index in [1.54, 1.807) is 0 Å². The second-order valence-corrected chi connectivity index (χ2v) is 16.6. The largest absolute Gasteiger partial charge is 0.508 e. The van der Waals surface area contributed by atoms with Gasteiger partial charge in [0.05, 0.1) is 22.2 Å². The van der Waals surface area contributed by atoms with Gasteiger partial charge in [-0.25, -0.2) is 15.0 Å². The maximum Gasteiger partial charge on any atom is 0.167 e. The Morgan fingerprint density at radius 3 is 1.32 bits per heavy atom. The highest BCUT2D eigenvalue weighted by Gasteiger charge is 2.27. The molecule has 0 amide bonds. The molecule has 0 radical (unpaired) electrons. The SMILES string of the molecule is Bc1c(O)c(O)c(B)c(-c2nc(-c3ccc4c5cc(-c6ccc7c(c6)c6ccccc6n7-c6ccccc6)ccc5c5ccccc5c4c3)nc(-c3c(B)c(O)c(O)c(B)c3O)n2)c1O. The van der Waals surface area contributed by atoms with Crippen LogP contribution in [0, 0.1) is 0 Å². The molecule has 0 spiro atoms. The molecule has 0 bridgehead atoms. The van der Waals surface area contributed by atoms with E-state index in [9.17, 15) is 30.6 Å². The fraction of sp³-hybridized carbons (Fsp3) is 0. The average molecular weight is 844 g/mol. The molecule has 2 heterocycles. The van der Waals surface area contributed by atoms with Gasteiger partial charge >= 0.3 is 0 Å². The summed E-state index contributed by atoms with van der Waals surface area (Å²) >= 11 is 0. The van der Waals surface area contributed by atoms with E-state index in [-0.39, 0.29) is 62.0 Å². The summed E-state index contributed by atoms with van der Waals surface area (Å²) < 4.78 is 2.31. The zero-order valence-electron chi connectivity index (χ0n) is 35.7. The van der Waals surface area contributed by atoms with Gasteiger partial charge in [0, 0.05) is 22.0 Å². The van der Waals surface area contributed by atoms with Gasteiger partial charge in [-0.1, -0.05) is 91.0 Å². The summed E-state index contributed by atoms with van der Waals surface area (Å²) in [6.07, 6.45) is 0. The number of nitrogens with zero attached hydrogens (tertiary/aromatic N) is 4. The van der Waals surface area contributed by atoms with Crippen molar-refractivity contribution in [1.82, 2.24) is 19.5 Å². The van der Waals surface area contributed by atoms with Crippen LogP contribution in [-0.4, -0.2) is 81.5 Å². The van der Waals surface area contributed by atoms with Crippen LogP contribution in [0.15, 0.2) is 133 Å². The molecule has 6 N–H and O–H groups in total. The number of fused-ring (bicyclic) bond motifs is 9. The lowest BCUT2D eigenvalue weighted by atomic mass is 9.80. The first-order chi connectivity index (χ1) is 31.4. The number of para-hydroxylation sites is 2. The number of hydrogen-bond acceptors (Lipinski definition) is 9. The van der Waals surface area contributed by atoms with Gasteiger partial charge in [0.25, 0.3) is 0 Å². The fourth-order valence-electron chi connectivity index (χ4n) is 9.46. The topological polar surface area (TPSA) is 165 Å². The summed E-state index contributed by atoms with van der Waals surface area (Å²) in [5.41, 5.74) is 6.47. The highest BCUT2D eigenvalue weighted by atomic mass is 16.3. The van der Waals surface area contributed by atoms with Gasteiger partial charge in [0.15, 0.2) is 40.5 Å². The lowest BCUT2D eigenvalue weighted by molar-refractivity contribution is 0.404. The highest BCUT2D eigenvalue weighted by Crippen LogP contribution is 2.42. The molecule has 65 heavy (non-hydrogen) atoms. The minimum atomic E-state index is -0.473. The molecular weight excluding hydrogens is 808 g/mol. The second-order valence-electron chi connectivity index (χ2n) is 16.6. The van der Waals surface area contributed by atoms with Gasteiger partial charge in [0.2, 0.25) is 0 Å². The van der Waals surface area contributed by atoms with Crippen molar-refractivity contribution in [2.45, 2.75) is 0 Å². The first kappa shape index (κ1) is 39.5. The van der Waals surface area contributed by atoms with E-state index in [1.165, 1.54) is 36.8 Å². The van der Waals surface area contributed by atoms with Crippen LogP contribution in [0.2, 0.25) is 0 Å². The summed E-state index contributed by atoms with van der Waals surface area (Å²) in [6.45, 7) is 0. The van der Waals surface area contributed by atoms with E-state index in [0.29, 0.717) is 5.56 Å². The minimum absolute atomic E-state index is 0.0195. The molecule has 0 aliphatic heterocycles. The Morgan fingerprint density at radius 2 is 0.723 bits per heavy atom. The summed E-state index contributed by atoms with van der Waals surface area (Å²) in [5, 5.41) is 74.3. The molecule has 14 heteroatoms. The number of hydrogen-bond donors (Lipinski definition) is 6. The number of phenols is 6. The van der Waals surface area contributed by atoms with E-state index in [2.05, 4.69) is 107 Å². The van der Waals surface area contributed by atoms with Crippen molar-refractivity contribution in [3.8, 4) is 85.5 Å². The van der Waals surface area contributed by atoms with Crippen molar-refractivity contribution < 1.29 is 30.6 Å². The Morgan fingerprint density at radius 1 is 0.323 bits per heavy atom. The van der Waals surface area contributed by atoms with Gasteiger partial charge in [-0.05, 0) is 108 Å². The zero-order valence-corrected chi connectivity index (χ0v) is 35.7. The molecule has 2 aromatic heterocycles. The summed E-state index contributed by atoms with van der Waals surface area (Å²) in [4.78, 5) is 14.4. The monoisotopic (exact) mass is 844 g/mol. The molecular formula is C51H36B4N4O6. The third-order valence-corrected chi connectivity index (χ3v) is 13.0. The third-order valence-electron chi connectivity index (χ3n) is 13.0. The molecule has 10 nitrogen and oxygen atoms in total. The van der Waals surface area contributed by atoms with E-state index in [4.69, 9.17) is 9.97 Å². The fourth-order valence-corrected chi connectivity index (χ4v) is 9.46. The molecule has 0 aliphatic carbocycles. The first-order valence-corrected chi connectivity index (χ1v) is 21.1. The molecule has 308 valence electrons. The van der Waals surface area contributed by atoms with E-state index in [0.717, 1.165) is 65.6 Å². The summed E-state index contributed by atoms with van der Waals surface area (Å²) in [6, 6.07) is 46.4. The van der Waals surface area contributed by atoms with Gasteiger partial charge in [-0.2, -0.15) is 0 Å². The van der Waals surface area contributed by atoms with Crippen molar-refractivity contribution in [1.29, 1.82) is 0 Å². The van der Waals surface area contributed by atoms with Crippen LogP contribution in [0.4, 0.5) is 0 Å². The normalized spacial score (nSPS) is 11.7. The predicted molar refractivity (Wildman–Crippen MR) is 271 cm³/mol. The Balaban J connectivity index is 1.13. The van der Waals surface area contributed by atoms with Crippen molar-refractivity contribution in [2.24, 2.45) is 0 Å². The van der Waals surface area contributed by atoms with Crippen molar-refractivity contribution in [3.05, 3.63) is 133 Å². The van der Waals surface area contributed by atoms with Crippen LogP contribution in [0.3, 0.4) is 0 Å². The van der Waals surface area contributed by atoms with Crippen LogP contribution in [0.1, 0.15) is 0 Å². The number of phenolic OH excluding ortho intramolecular Hbond substituents is 6. The van der Waals surface area contributed by atoms with Crippen molar-refractivity contribution in [2.75, 3.05) is 0 Å². The van der Waals surface area contributed by atoms with E-state index >= 15 is 0 Å². The number of aromatic nitrogens is 4.